The largest absolute Gasteiger partial charge is 0.350 e. The molecule has 8 heteroatoms. The number of aryl methyl sites for hydroxylation is 2. The predicted molar refractivity (Wildman–Crippen MR) is 127 cm³/mol. The minimum absolute atomic E-state index is 0.0838. The van der Waals surface area contributed by atoms with Gasteiger partial charge in [0, 0.05) is 37.2 Å². The van der Waals surface area contributed by atoms with E-state index < -0.39 is 0 Å². The number of fused-ring (bicyclic) bond motifs is 1. The van der Waals surface area contributed by atoms with Crippen LogP contribution in [0.4, 0.5) is 4.39 Å². The first-order chi connectivity index (χ1) is 15.9. The van der Waals surface area contributed by atoms with Gasteiger partial charge in [-0.15, -0.1) is 11.3 Å². The number of benzene rings is 2. The summed E-state index contributed by atoms with van der Waals surface area (Å²) in [6, 6.07) is 13.8. The molecule has 0 radical (unpaired) electrons. The zero-order valence-electron chi connectivity index (χ0n) is 18.3. The topological polar surface area (TPSA) is 67.2 Å². The van der Waals surface area contributed by atoms with Crippen LogP contribution in [0.25, 0.3) is 21.3 Å². The van der Waals surface area contributed by atoms with E-state index in [2.05, 4.69) is 10.3 Å². The van der Waals surface area contributed by atoms with Crippen LogP contribution in [0.5, 0.6) is 0 Å². The van der Waals surface area contributed by atoms with Crippen LogP contribution in [0.3, 0.4) is 0 Å². The van der Waals surface area contributed by atoms with Crippen molar-refractivity contribution in [1.82, 2.24) is 19.8 Å². The molecule has 1 N–H and O–H groups in total. The summed E-state index contributed by atoms with van der Waals surface area (Å²) in [6.07, 6.45) is 2.65. The van der Waals surface area contributed by atoms with Gasteiger partial charge in [-0.25, -0.2) is 9.37 Å². The van der Waals surface area contributed by atoms with Crippen LogP contribution in [-0.2, 0) is 7.05 Å². The normalized spacial score (nSPS) is 15.5. The number of halogens is 1. The lowest BCUT2D eigenvalue weighted by atomic mass is 10.0. The standard InChI is InChI=1S/C25H23FN4O2S/c1-15-28-22(23(33-15)16-7-9-17(26)10-8-16)25(32)30-12-11-18(30)13-27-24(31)20-14-29(2)21-6-4-3-5-19(20)21/h3-10,14,18H,11-13H2,1-2H3,(H,27,31). The van der Waals surface area contributed by atoms with E-state index in [0.29, 0.717) is 24.3 Å². The molecule has 1 aliphatic heterocycles. The van der Waals surface area contributed by atoms with Crippen molar-refractivity contribution < 1.29 is 14.0 Å². The molecule has 2 aromatic carbocycles. The summed E-state index contributed by atoms with van der Waals surface area (Å²) in [7, 11) is 1.92. The molecule has 33 heavy (non-hydrogen) atoms. The van der Waals surface area contributed by atoms with Gasteiger partial charge in [-0.2, -0.15) is 0 Å². The molecule has 5 rings (SSSR count). The van der Waals surface area contributed by atoms with Gasteiger partial charge in [0.2, 0.25) is 0 Å². The lowest BCUT2D eigenvalue weighted by Crippen LogP contribution is -2.56. The number of carbonyl (C=O) groups is 2. The van der Waals surface area contributed by atoms with Crippen LogP contribution in [0.2, 0.25) is 0 Å². The third-order valence-electron chi connectivity index (χ3n) is 6.09. The second-order valence-electron chi connectivity index (χ2n) is 8.24. The summed E-state index contributed by atoms with van der Waals surface area (Å²) in [5.41, 5.74) is 2.77. The molecule has 168 valence electrons. The van der Waals surface area contributed by atoms with E-state index in [1.54, 1.807) is 17.0 Å². The monoisotopic (exact) mass is 462 g/mol. The fraction of sp³-hybridized carbons (Fsp3) is 0.240. The van der Waals surface area contributed by atoms with E-state index >= 15 is 0 Å². The number of hydrogen-bond acceptors (Lipinski definition) is 4. The van der Waals surface area contributed by atoms with Gasteiger partial charge in [-0.05, 0) is 37.1 Å². The van der Waals surface area contributed by atoms with Gasteiger partial charge in [0.1, 0.15) is 11.5 Å². The average molecular weight is 463 g/mol. The fourth-order valence-corrected chi connectivity index (χ4v) is 5.17. The van der Waals surface area contributed by atoms with Crippen molar-refractivity contribution in [2.45, 2.75) is 19.4 Å². The van der Waals surface area contributed by atoms with Crippen molar-refractivity contribution in [2.24, 2.45) is 7.05 Å². The highest BCUT2D eigenvalue weighted by molar-refractivity contribution is 7.15. The van der Waals surface area contributed by atoms with E-state index in [9.17, 15) is 14.0 Å². The Hall–Kier alpha value is -3.52. The van der Waals surface area contributed by atoms with Gasteiger partial charge in [0.15, 0.2) is 0 Å². The van der Waals surface area contributed by atoms with Crippen LogP contribution in [-0.4, -0.2) is 45.4 Å². The van der Waals surface area contributed by atoms with Crippen LogP contribution in [0.1, 0.15) is 32.3 Å². The minimum atomic E-state index is -0.322. The molecule has 1 fully saturated rings. The Morgan fingerprint density at radius 3 is 2.67 bits per heavy atom. The van der Waals surface area contributed by atoms with Gasteiger partial charge in [0.05, 0.1) is 21.5 Å². The number of para-hydroxylation sites is 1. The molecule has 0 aliphatic carbocycles. The lowest BCUT2D eigenvalue weighted by Gasteiger charge is -2.40. The highest BCUT2D eigenvalue weighted by Gasteiger charge is 2.35. The molecule has 2 amide bonds. The second-order valence-corrected chi connectivity index (χ2v) is 9.44. The van der Waals surface area contributed by atoms with Crippen LogP contribution >= 0.6 is 11.3 Å². The Bertz CT molecular complexity index is 1360. The summed E-state index contributed by atoms with van der Waals surface area (Å²) in [6.45, 7) is 2.85. The van der Waals surface area contributed by atoms with Crippen molar-refractivity contribution in [3.63, 3.8) is 0 Å². The summed E-state index contributed by atoms with van der Waals surface area (Å²) < 4.78 is 15.3. The summed E-state index contributed by atoms with van der Waals surface area (Å²) >= 11 is 1.42. The third-order valence-corrected chi connectivity index (χ3v) is 7.11. The Kier molecular flexibility index (Phi) is 5.46. The Morgan fingerprint density at radius 1 is 1.18 bits per heavy atom. The molecular formula is C25H23FN4O2S. The van der Waals surface area contributed by atoms with Gasteiger partial charge in [0.25, 0.3) is 11.8 Å². The van der Waals surface area contributed by atoms with Crippen molar-refractivity contribution in [2.75, 3.05) is 13.1 Å². The van der Waals surface area contributed by atoms with Crippen LogP contribution in [0.15, 0.2) is 54.7 Å². The number of carbonyl (C=O) groups excluding carboxylic acids is 2. The molecule has 0 saturated carbocycles. The molecule has 3 heterocycles. The van der Waals surface area contributed by atoms with Gasteiger partial charge >= 0.3 is 0 Å². The van der Waals surface area contributed by atoms with E-state index in [4.69, 9.17) is 0 Å². The first-order valence-electron chi connectivity index (χ1n) is 10.8. The predicted octanol–water partition coefficient (Wildman–Crippen LogP) is 4.39. The maximum absolute atomic E-state index is 13.3. The van der Waals surface area contributed by atoms with Crippen molar-refractivity contribution in [3.05, 3.63) is 76.8 Å². The van der Waals surface area contributed by atoms with Crippen molar-refractivity contribution in [1.29, 1.82) is 0 Å². The number of hydrogen-bond donors (Lipinski definition) is 1. The molecule has 2 aromatic heterocycles. The molecule has 1 unspecified atom stereocenters. The maximum Gasteiger partial charge on any atom is 0.274 e. The van der Waals surface area contributed by atoms with Gasteiger partial charge in [-0.3, -0.25) is 9.59 Å². The molecule has 6 nitrogen and oxygen atoms in total. The summed E-state index contributed by atoms with van der Waals surface area (Å²) in [4.78, 5) is 33.1. The highest BCUT2D eigenvalue weighted by Crippen LogP contribution is 2.33. The molecule has 1 aliphatic rings. The Labute approximate surface area is 194 Å². The maximum atomic E-state index is 13.3. The summed E-state index contributed by atoms with van der Waals surface area (Å²) in [5.74, 6) is -0.630. The van der Waals surface area contributed by atoms with E-state index in [1.807, 2.05) is 49.0 Å². The molecule has 0 spiro atoms. The first-order valence-corrected chi connectivity index (χ1v) is 11.6. The SMILES string of the molecule is Cc1nc(C(=O)N2CCC2CNC(=O)c2cn(C)c3ccccc23)c(-c2ccc(F)cc2)s1. The molecule has 1 atom stereocenters. The zero-order valence-corrected chi connectivity index (χ0v) is 19.2. The number of rotatable bonds is 5. The van der Waals surface area contributed by atoms with Crippen molar-refractivity contribution >= 4 is 34.1 Å². The summed E-state index contributed by atoms with van der Waals surface area (Å²) in [5, 5.41) is 4.68. The number of aromatic nitrogens is 2. The number of likely N-dealkylation sites (tertiary alicyclic amines) is 1. The van der Waals surface area contributed by atoms with Gasteiger partial charge < -0.3 is 14.8 Å². The lowest BCUT2D eigenvalue weighted by molar-refractivity contribution is 0.0451. The number of thiazole rings is 1. The zero-order chi connectivity index (χ0) is 23.1. The number of amides is 2. The minimum Gasteiger partial charge on any atom is -0.350 e. The van der Waals surface area contributed by atoms with E-state index in [1.165, 1.54) is 23.5 Å². The van der Waals surface area contributed by atoms with E-state index in [0.717, 1.165) is 32.8 Å². The van der Waals surface area contributed by atoms with Gasteiger partial charge in [-0.1, -0.05) is 30.3 Å². The second kappa shape index (κ2) is 8.44. The highest BCUT2D eigenvalue weighted by atomic mass is 32.1. The quantitative estimate of drug-likeness (QED) is 0.478. The Balaban J connectivity index is 1.30. The van der Waals surface area contributed by atoms with Crippen LogP contribution < -0.4 is 5.32 Å². The molecule has 4 aromatic rings. The fourth-order valence-electron chi connectivity index (χ4n) is 4.25. The van der Waals surface area contributed by atoms with E-state index in [-0.39, 0.29) is 23.7 Å². The molecule has 1 saturated heterocycles. The van der Waals surface area contributed by atoms with Crippen LogP contribution in [0, 0.1) is 12.7 Å². The third kappa shape index (κ3) is 3.91. The Morgan fingerprint density at radius 2 is 1.94 bits per heavy atom. The number of nitrogens with zero attached hydrogens (tertiary/aromatic N) is 3. The number of nitrogens with one attached hydrogen (secondary N) is 1. The molecular weight excluding hydrogens is 439 g/mol. The first kappa shape index (κ1) is 21.3. The smallest absolute Gasteiger partial charge is 0.274 e. The van der Waals surface area contributed by atoms with Crippen molar-refractivity contribution in [3.8, 4) is 10.4 Å². The molecule has 0 bridgehead atoms. The average Bonchev–Trinajstić information content (AvgIpc) is 3.34.